The van der Waals surface area contributed by atoms with Gasteiger partial charge < -0.3 is 5.73 Å². The minimum atomic E-state index is 0. The summed E-state index contributed by atoms with van der Waals surface area (Å²) in [4.78, 5) is 2.41. The maximum atomic E-state index is 5.98. The van der Waals surface area contributed by atoms with Crippen molar-refractivity contribution in [3.63, 3.8) is 0 Å². The van der Waals surface area contributed by atoms with Crippen molar-refractivity contribution in [2.24, 2.45) is 5.73 Å². The highest BCUT2D eigenvalue weighted by Crippen LogP contribution is 2.23. The van der Waals surface area contributed by atoms with Gasteiger partial charge in [-0.3, -0.25) is 4.90 Å². The summed E-state index contributed by atoms with van der Waals surface area (Å²) in [5.74, 6) is 0. The summed E-state index contributed by atoms with van der Waals surface area (Å²) < 4.78 is 0. The third kappa shape index (κ3) is 4.14. The highest BCUT2D eigenvalue weighted by atomic mass is 35.5. The Morgan fingerprint density at radius 1 is 1.18 bits per heavy atom. The van der Waals surface area contributed by atoms with Crippen LogP contribution in [0.4, 0.5) is 0 Å². The van der Waals surface area contributed by atoms with Crippen molar-refractivity contribution in [2.75, 3.05) is 13.1 Å². The van der Waals surface area contributed by atoms with Crippen molar-refractivity contribution >= 4 is 23.2 Å². The Morgan fingerprint density at radius 3 is 2.41 bits per heavy atom. The van der Waals surface area contributed by atoms with Gasteiger partial charge in [-0.25, -0.2) is 0 Å². The first-order chi connectivity index (χ1) is 7.65. The second-order valence-electron chi connectivity index (χ2n) is 4.36. The Hall–Kier alpha value is -0.280. The van der Waals surface area contributed by atoms with E-state index in [1.807, 2.05) is 18.2 Å². The molecule has 17 heavy (non-hydrogen) atoms. The molecule has 1 aliphatic heterocycles. The van der Waals surface area contributed by atoms with Gasteiger partial charge in [0.1, 0.15) is 0 Å². The molecular weight excluding hydrogens is 255 g/mol. The van der Waals surface area contributed by atoms with Crippen LogP contribution in [0, 0.1) is 0 Å². The third-order valence-corrected chi connectivity index (χ3v) is 3.76. The number of piperidine rings is 1. The van der Waals surface area contributed by atoms with Gasteiger partial charge in [-0.05, 0) is 43.6 Å². The fourth-order valence-electron chi connectivity index (χ4n) is 2.01. The summed E-state index contributed by atoms with van der Waals surface area (Å²) in [6, 6.07) is 6.21. The van der Waals surface area contributed by atoms with E-state index in [0.717, 1.165) is 32.5 Å². The van der Waals surface area contributed by atoms with Crippen LogP contribution in [0.3, 0.4) is 0 Å². The van der Waals surface area contributed by atoms with E-state index in [-0.39, 0.29) is 7.43 Å². The Bertz CT molecular complexity index is 360. The Morgan fingerprint density at radius 2 is 1.82 bits per heavy atom. The number of benzene rings is 1. The van der Waals surface area contributed by atoms with Gasteiger partial charge in [0, 0.05) is 12.6 Å². The standard InChI is InChI=1S/C12H16Cl2N2.CH4/c13-11-2-1-9(7-12(11)14)8-16-5-3-10(15)4-6-16;/h1-2,7,10H,3-6,8,15H2;1H4. The molecular formula is C13H20Cl2N2. The van der Waals surface area contributed by atoms with Crippen LogP contribution in [0.1, 0.15) is 25.8 Å². The molecule has 0 radical (unpaired) electrons. The SMILES string of the molecule is C.NC1CCN(Cc2ccc(Cl)c(Cl)c2)CC1. The Labute approximate surface area is 114 Å². The van der Waals surface area contributed by atoms with E-state index < -0.39 is 0 Å². The van der Waals surface area contributed by atoms with E-state index in [2.05, 4.69) is 4.90 Å². The van der Waals surface area contributed by atoms with Crippen molar-refractivity contribution in [2.45, 2.75) is 32.9 Å². The normalized spacial score (nSPS) is 17.8. The second-order valence-corrected chi connectivity index (χ2v) is 5.18. The predicted molar refractivity (Wildman–Crippen MR) is 75.7 cm³/mol. The topological polar surface area (TPSA) is 29.3 Å². The Kier molecular flexibility index (Phi) is 5.74. The van der Waals surface area contributed by atoms with Gasteiger partial charge in [0.15, 0.2) is 0 Å². The fourth-order valence-corrected chi connectivity index (χ4v) is 2.33. The van der Waals surface area contributed by atoms with Crippen molar-refractivity contribution in [1.29, 1.82) is 0 Å². The quantitative estimate of drug-likeness (QED) is 0.894. The molecule has 2 N–H and O–H groups in total. The molecule has 2 nitrogen and oxygen atoms in total. The molecule has 0 aromatic heterocycles. The van der Waals surface area contributed by atoms with E-state index in [9.17, 15) is 0 Å². The predicted octanol–water partition coefficient (Wildman–Crippen LogP) is 3.55. The van der Waals surface area contributed by atoms with Gasteiger partial charge in [0.25, 0.3) is 0 Å². The number of hydrogen-bond acceptors (Lipinski definition) is 2. The van der Waals surface area contributed by atoms with Crippen molar-refractivity contribution < 1.29 is 0 Å². The van der Waals surface area contributed by atoms with Gasteiger partial charge in [0.05, 0.1) is 10.0 Å². The van der Waals surface area contributed by atoms with Gasteiger partial charge >= 0.3 is 0 Å². The highest BCUT2D eigenvalue weighted by molar-refractivity contribution is 6.42. The maximum absolute atomic E-state index is 5.98. The average molecular weight is 275 g/mol. The molecule has 0 bridgehead atoms. The zero-order valence-electron chi connectivity index (χ0n) is 9.13. The third-order valence-electron chi connectivity index (χ3n) is 3.02. The molecule has 96 valence electrons. The summed E-state index contributed by atoms with van der Waals surface area (Å²) >= 11 is 11.9. The maximum Gasteiger partial charge on any atom is 0.0595 e. The largest absolute Gasteiger partial charge is 0.328 e. The molecule has 0 unspecified atom stereocenters. The minimum Gasteiger partial charge on any atom is -0.328 e. The molecule has 1 aromatic carbocycles. The number of likely N-dealkylation sites (tertiary alicyclic amines) is 1. The van der Waals surface area contributed by atoms with E-state index in [1.165, 1.54) is 5.56 Å². The second kappa shape index (κ2) is 6.60. The molecule has 2 rings (SSSR count). The van der Waals surface area contributed by atoms with Gasteiger partial charge in [-0.1, -0.05) is 36.7 Å². The van der Waals surface area contributed by atoms with Gasteiger partial charge in [-0.15, -0.1) is 0 Å². The molecule has 1 saturated heterocycles. The van der Waals surface area contributed by atoms with Crippen LogP contribution in [0.5, 0.6) is 0 Å². The summed E-state index contributed by atoms with van der Waals surface area (Å²) in [6.45, 7) is 3.08. The van der Waals surface area contributed by atoms with Crippen molar-refractivity contribution in [3.05, 3.63) is 33.8 Å². The van der Waals surface area contributed by atoms with E-state index >= 15 is 0 Å². The first kappa shape index (κ1) is 14.8. The molecule has 1 aliphatic rings. The molecule has 0 amide bonds. The van der Waals surface area contributed by atoms with Crippen LogP contribution in [-0.2, 0) is 6.54 Å². The lowest BCUT2D eigenvalue weighted by atomic mass is 10.1. The zero-order valence-corrected chi connectivity index (χ0v) is 10.6. The lowest BCUT2D eigenvalue weighted by Crippen LogP contribution is -2.39. The summed E-state index contributed by atoms with van der Waals surface area (Å²) in [5, 5.41) is 1.25. The van der Waals surface area contributed by atoms with Gasteiger partial charge in [-0.2, -0.15) is 0 Å². The number of nitrogens with zero attached hydrogens (tertiary/aromatic N) is 1. The molecule has 1 heterocycles. The van der Waals surface area contributed by atoms with Crippen LogP contribution in [-0.4, -0.2) is 24.0 Å². The fraction of sp³-hybridized carbons (Fsp3) is 0.538. The number of halogens is 2. The van der Waals surface area contributed by atoms with Crippen molar-refractivity contribution in [1.82, 2.24) is 4.90 Å². The molecule has 1 fully saturated rings. The Balaban J connectivity index is 0.00000144. The zero-order chi connectivity index (χ0) is 11.5. The van der Waals surface area contributed by atoms with Crippen LogP contribution in [0.15, 0.2) is 18.2 Å². The average Bonchev–Trinajstić information content (AvgIpc) is 2.27. The summed E-state index contributed by atoms with van der Waals surface area (Å²) in [5.41, 5.74) is 7.08. The van der Waals surface area contributed by atoms with E-state index in [1.54, 1.807) is 0 Å². The lowest BCUT2D eigenvalue weighted by molar-refractivity contribution is 0.205. The first-order valence-electron chi connectivity index (χ1n) is 5.57. The smallest absolute Gasteiger partial charge is 0.0595 e. The number of hydrogen-bond donors (Lipinski definition) is 1. The highest BCUT2D eigenvalue weighted by Gasteiger charge is 2.16. The monoisotopic (exact) mass is 274 g/mol. The van der Waals surface area contributed by atoms with Crippen LogP contribution < -0.4 is 5.73 Å². The number of nitrogens with two attached hydrogens (primary N) is 1. The molecule has 0 aliphatic carbocycles. The van der Waals surface area contributed by atoms with Gasteiger partial charge in [0.2, 0.25) is 0 Å². The van der Waals surface area contributed by atoms with Crippen LogP contribution in [0.2, 0.25) is 10.0 Å². The summed E-state index contributed by atoms with van der Waals surface area (Å²) in [7, 11) is 0. The molecule has 1 aromatic rings. The van der Waals surface area contributed by atoms with E-state index in [0.29, 0.717) is 16.1 Å². The first-order valence-corrected chi connectivity index (χ1v) is 6.32. The summed E-state index contributed by atoms with van der Waals surface area (Å²) in [6.07, 6.45) is 2.17. The van der Waals surface area contributed by atoms with Crippen LogP contribution in [0.25, 0.3) is 0 Å². The number of rotatable bonds is 2. The lowest BCUT2D eigenvalue weighted by Gasteiger charge is -2.30. The minimum absolute atomic E-state index is 0. The molecule has 0 spiro atoms. The van der Waals surface area contributed by atoms with Crippen molar-refractivity contribution in [3.8, 4) is 0 Å². The molecule has 0 saturated carbocycles. The van der Waals surface area contributed by atoms with E-state index in [4.69, 9.17) is 28.9 Å². The molecule has 4 heteroatoms. The van der Waals surface area contributed by atoms with Crippen LogP contribution >= 0.6 is 23.2 Å². The molecule has 0 atom stereocenters.